The second-order valence-electron chi connectivity index (χ2n) is 6.62. The minimum atomic E-state index is -0.392. The maximum atomic E-state index is 12.5. The first kappa shape index (κ1) is 20.2. The Labute approximate surface area is 161 Å². The van der Waals surface area contributed by atoms with Crippen molar-refractivity contribution < 1.29 is 4.79 Å². The van der Waals surface area contributed by atoms with Crippen LogP contribution in [0.1, 0.15) is 37.8 Å². The molecule has 0 radical (unpaired) electrons. The van der Waals surface area contributed by atoms with Crippen molar-refractivity contribution in [2.24, 2.45) is 0 Å². The number of nitrogens with zero attached hydrogens (tertiary/aromatic N) is 3. The summed E-state index contributed by atoms with van der Waals surface area (Å²) < 4.78 is 0. The summed E-state index contributed by atoms with van der Waals surface area (Å²) in [5, 5.41) is 12.2. The van der Waals surface area contributed by atoms with Gasteiger partial charge in [0.05, 0.1) is 0 Å². The van der Waals surface area contributed by atoms with E-state index in [0.717, 1.165) is 13.0 Å². The smallest absolute Gasteiger partial charge is 0.267 e. The number of nitrogens with one attached hydrogen (secondary N) is 1. The Kier molecular flexibility index (Phi) is 7.57. The van der Waals surface area contributed by atoms with Crippen LogP contribution in [0.4, 0.5) is 5.69 Å². The van der Waals surface area contributed by atoms with Gasteiger partial charge in [0.1, 0.15) is 11.6 Å². The summed E-state index contributed by atoms with van der Waals surface area (Å²) in [6.07, 6.45) is 5.99. The van der Waals surface area contributed by atoms with Gasteiger partial charge in [-0.2, -0.15) is 5.26 Å². The van der Waals surface area contributed by atoms with Gasteiger partial charge >= 0.3 is 0 Å². The van der Waals surface area contributed by atoms with Gasteiger partial charge in [-0.25, -0.2) is 0 Å². The second-order valence-corrected chi connectivity index (χ2v) is 6.62. The molecular formula is C22H26N4O. The summed E-state index contributed by atoms with van der Waals surface area (Å²) in [4.78, 5) is 18.4. The topological polar surface area (TPSA) is 69.0 Å². The number of rotatable bonds is 8. The predicted octanol–water partition coefficient (Wildman–Crippen LogP) is 4.12. The lowest BCUT2D eigenvalue weighted by molar-refractivity contribution is -0.112. The molecule has 0 bridgehead atoms. The van der Waals surface area contributed by atoms with E-state index >= 15 is 0 Å². The minimum absolute atomic E-state index is 0.0968. The van der Waals surface area contributed by atoms with Gasteiger partial charge in [0.2, 0.25) is 0 Å². The fraction of sp³-hybridized carbons (Fsp3) is 0.318. The van der Waals surface area contributed by atoms with Crippen molar-refractivity contribution in [3.05, 3.63) is 71.7 Å². The molecule has 0 aliphatic rings. The number of aromatic nitrogens is 1. The van der Waals surface area contributed by atoms with E-state index in [1.54, 1.807) is 18.6 Å². The number of carbonyl (C=O) groups is 1. The molecule has 1 amide bonds. The highest BCUT2D eigenvalue weighted by Gasteiger charge is 2.11. The van der Waals surface area contributed by atoms with Crippen LogP contribution in [0.25, 0.3) is 0 Å². The van der Waals surface area contributed by atoms with E-state index < -0.39 is 5.91 Å². The molecule has 2 rings (SSSR count). The van der Waals surface area contributed by atoms with E-state index in [1.807, 2.05) is 54.3 Å². The average Bonchev–Trinajstić information content (AvgIpc) is 2.69. The Morgan fingerprint density at radius 3 is 2.44 bits per heavy atom. The molecule has 140 valence electrons. The van der Waals surface area contributed by atoms with Crippen LogP contribution in [0.3, 0.4) is 0 Å². The maximum Gasteiger partial charge on any atom is 0.267 e. The first-order chi connectivity index (χ1) is 13.0. The molecule has 1 heterocycles. The summed E-state index contributed by atoms with van der Waals surface area (Å²) >= 11 is 0. The van der Waals surface area contributed by atoms with Gasteiger partial charge in [-0.05, 0) is 54.7 Å². The third kappa shape index (κ3) is 6.27. The van der Waals surface area contributed by atoms with Gasteiger partial charge in [0.25, 0.3) is 5.91 Å². The molecule has 5 heteroatoms. The van der Waals surface area contributed by atoms with Crippen LogP contribution < -0.4 is 5.32 Å². The van der Waals surface area contributed by atoms with Gasteiger partial charge in [-0.3, -0.25) is 9.78 Å². The highest BCUT2D eigenvalue weighted by atomic mass is 16.1. The van der Waals surface area contributed by atoms with E-state index in [2.05, 4.69) is 24.1 Å². The summed E-state index contributed by atoms with van der Waals surface area (Å²) in [5.41, 5.74) is 3.16. The SMILES string of the molecule is CCN(/C=C(/C#N)C(=O)Nc1ccc(C(C)C)cc1)CCc1ccncc1. The molecule has 27 heavy (non-hydrogen) atoms. The molecule has 0 spiro atoms. The number of hydrogen-bond acceptors (Lipinski definition) is 4. The maximum absolute atomic E-state index is 12.5. The molecular weight excluding hydrogens is 336 g/mol. The number of pyridine rings is 1. The Morgan fingerprint density at radius 2 is 1.89 bits per heavy atom. The van der Waals surface area contributed by atoms with Crippen LogP contribution in [0.15, 0.2) is 60.6 Å². The van der Waals surface area contributed by atoms with Gasteiger partial charge in [-0.1, -0.05) is 26.0 Å². The van der Waals surface area contributed by atoms with Crippen LogP contribution >= 0.6 is 0 Å². The Hall–Kier alpha value is -3.13. The van der Waals surface area contributed by atoms with Gasteiger partial charge in [0, 0.05) is 37.4 Å². The molecule has 5 nitrogen and oxygen atoms in total. The first-order valence-corrected chi connectivity index (χ1v) is 9.19. The molecule has 0 saturated heterocycles. The Balaban J connectivity index is 2.01. The van der Waals surface area contributed by atoms with Gasteiger partial charge in [0.15, 0.2) is 0 Å². The molecule has 1 N–H and O–H groups in total. The average molecular weight is 362 g/mol. The van der Waals surface area contributed by atoms with E-state index in [-0.39, 0.29) is 5.57 Å². The molecule has 1 aromatic carbocycles. The largest absolute Gasteiger partial charge is 0.376 e. The van der Waals surface area contributed by atoms with Crippen LogP contribution in [-0.2, 0) is 11.2 Å². The fourth-order valence-corrected chi connectivity index (χ4v) is 2.61. The fourth-order valence-electron chi connectivity index (χ4n) is 2.61. The third-order valence-electron chi connectivity index (χ3n) is 4.36. The summed E-state index contributed by atoms with van der Waals surface area (Å²) in [5.74, 6) is 0.0417. The molecule has 0 saturated carbocycles. The quantitative estimate of drug-likeness (QED) is 0.567. The Morgan fingerprint density at radius 1 is 1.22 bits per heavy atom. The van der Waals surface area contributed by atoms with Crippen LogP contribution in [-0.4, -0.2) is 28.9 Å². The van der Waals surface area contributed by atoms with Crippen molar-refractivity contribution >= 4 is 11.6 Å². The minimum Gasteiger partial charge on any atom is -0.376 e. The van der Waals surface area contributed by atoms with Crippen molar-refractivity contribution in [2.75, 3.05) is 18.4 Å². The number of amides is 1. The summed E-state index contributed by atoms with van der Waals surface area (Å²) in [6, 6.07) is 13.7. The summed E-state index contributed by atoms with van der Waals surface area (Å²) in [6.45, 7) is 7.68. The highest BCUT2D eigenvalue weighted by molar-refractivity contribution is 6.06. The number of benzene rings is 1. The van der Waals surface area contributed by atoms with Crippen LogP contribution in [0.5, 0.6) is 0 Å². The number of nitriles is 1. The van der Waals surface area contributed by atoms with E-state index in [9.17, 15) is 10.1 Å². The van der Waals surface area contributed by atoms with Crippen molar-refractivity contribution in [1.82, 2.24) is 9.88 Å². The van der Waals surface area contributed by atoms with Crippen molar-refractivity contribution in [3.8, 4) is 6.07 Å². The van der Waals surface area contributed by atoms with Crippen LogP contribution in [0, 0.1) is 11.3 Å². The normalized spacial score (nSPS) is 11.1. The first-order valence-electron chi connectivity index (χ1n) is 9.19. The van der Waals surface area contributed by atoms with Gasteiger partial charge in [-0.15, -0.1) is 0 Å². The molecule has 0 aliphatic heterocycles. The Bertz CT molecular complexity index is 804. The number of carbonyl (C=O) groups excluding carboxylic acids is 1. The van der Waals surface area contributed by atoms with E-state index in [4.69, 9.17) is 0 Å². The molecule has 0 aliphatic carbocycles. The monoisotopic (exact) mass is 362 g/mol. The number of likely N-dealkylation sites (N-methyl/N-ethyl adjacent to an activating group) is 1. The van der Waals surface area contributed by atoms with Crippen molar-refractivity contribution in [2.45, 2.75) is 33.1 Å². The second kappa shape index (κ2) is 10.1. The van der Waals surface area contributed by atoms with Gasteiger partial charge < -0.3 is 10.2 Å². The lowest BCUT2D eigenvalue weighted by Crippen LogP contribution is -2.23. The zero-order chi connectivity index (χ0) is 19.6. The van der Waals surface area contributed by atoms with E-state index in [0.29, 0.717) is 18.2 Å². The standard InChI is InChI=1S/C22H26N4O/c1-4-26(14-11-18-9-12-24-13-10-18)16-20(15-23)22(27)25-21-7-5-19(6-8-21)17(2)3/h5-10,12-13,16-17H,4,11,14H2,1-3H3,(H,25,27)/b20-16-. The predicted molar refractivity (Wildman–Crippen MR) is 108 cm³/mol. The molecule has 0 unspecified atom stereocenters. The molecule has 0 fully saturated rings. The third-order valence-corrected chi connectivity index (χ3v) is 4.36. The lowest BCUT2D eigenvalue weighted by Gasteiger charge is -2.18. The molecule has 2 aromatic rings. The molecule has 1 aromatic heterocycles. The lowest BCUT2D eigenvalue weighted by atomic mass is 10.0. The zero-order valence-electron chi connectivity index (χ0n) is 16.1. The number of anilines is 1. The van der Waals surface area contributed by atoms with Crippen LogP contribution in [0.2, 0.25) is 0 Å². The zero-order valence-corrected chi connectivity index (χ0v) is 16.1. The molecule has 0 atom stereocenters. The van der Waals surface area contributed by atoms with Crippen molar-refractivity contribution in [1.29, 1.82) is 5.26 Å². The highest BCUT2D eigenvalue weighted by Crippen LogP contribution is 2.17. The number of hydrogen-bond donors (Lipinski definition) is 1. The summed E-state index contributed by atoms with van der Waals surface area (Å²) in [7, 11) is 0. The van der Waals surface area contributed by atoms with Crippen molar-refractivity contribution in [3.63, 3.8) is 0 Å². The van der Waals surface area contributed by atoms with E-state index in [1.165, 1.54) is 11.1 Å².